The highest BCUT2D eigenvalue weighted by atomic mass is 16.2. The number of rotatable bonds is 1. The fraction of sp³-hybridized carbons (Fsp3) is 0.286. The molecule has 2 aromatic rings. The van der Waals surface area contributed by atoms with Gasteiger partial charge in [-0.25, -0.2) is 4.52 Å². The number of nitrogens with zero attached hydrogens (tertiary/aromatic N) is 3. The van der Waals surface area contributed by atoms with Gasteiger partial charge in [0.05, 0.1) is 31.1 Å². The van der Waals surface area contributed by atoms with E-state index in [4.69, 9.17) is 1.37 Å². The Balaban J connectivity index is 1.68. The van der Waals surface area contributed by atoms with Crippen LogP contribution >= 0.6 is 0 Å². The van der Waals surface area contributed by atoms with Gasteiger partial charge in [0.1, 0.15) is 5.54 Å². The number of amides is 1. The van der Waals surface area contributed by atoms with Gasteiger partial charge in [-0.1, -0.05) is 12.6 Å². The molecule has 0 aromatic carbocycles. The minimum absolute atomic E-state index is 0.0140. The zero-order valence-electron chi connectivity index (χ0n) is 11.9. The topological polar surface area (TPSA) is 61.7 Å². The van der Waals surface area contributed by atoms with Gasteiger partial charge >= 0.3 is 0 Å². The summed E-state index contributed by atoms with van der Waals surface area (Å²) in [7, 11) is 0. The van der Waals surface area contributed by atoms with Gasteiger partial charge in [0.25, 0.3) is 5.91 Å². The number of pyridine rings is 1. The predicted octanol–water partition coefficient (Wildman–Crippen LogP) is 0.474. The van der Waals surface area contributed by atoms with Crippen LogP contribution in [0.2, 0.25) is 0 Å². The molecule has 0 radical (unpaired) electrons. The van der Waals surface area contributed by atoms with Crippen LogP contribution in [0.4, 0.5) is 5.69 Å². The molecule has 4 heterocycles. The first-order valence-electron chi connectivity index (χ1n) is 7.05. The van der Waals surface area contributed by atoms with E-state index in [-0.39, 0.29) is 5.91 Å². The van der Waals surface area contributed by atoms with Crippen LogP contribution in [0, 0.1) is 0 Å². The molecule has 6 nitrogen and oxygen atoms in total. The summed E-state index contributed by atoms with van der Waals surface area (Å²) in [5.74, 6) is 0.556. The zero-order chi connectivity index (χ0) is 14.6. The van der Waals surface area contributed by atoms with Crippen molar-refractivity contribution in [2.45, 2.75) is 12.0 Å². The third-order valence-corrected chi connectivity index (χ3v) is 4.05. The molecule has 2 aromatic heterocycles. The Hall–Kier alpha value is -2.50. The highest BCUT2D eigenvalue weighted by Gasteiger charge is 2.49. The lowest BCUT2D eigenvalue weighted by atomic mass is 9.99. The predicted molar refractivity (Wildman–Crippen MR) is 75.2 cm³/mol. The summed E-state index contributed by atoms with van der Waals surface area (Å²) in [6, 6.07) is 4.05. The summed E-state index contributed by atoms with van der Waals surface area (Å²) in [5, 5.41) is 10.2. The third kappa shape index (κ3) is 1.44. The molecule has 2 saturated heterocycles. The van der Waals surface area contributed by atoms with E-state index in [1.807, 2.05) is 6.07 Å². The average Bonchev–Trinajstić information content (AvgIpc) is 3.09. The number of hydrogen-bond donors (Lipinski definition) is 2. The van der Waals surface area contributed by atoms with E-state index in [9.17, 15) is 4.79 Å². The van der Waals surface area contributed by atoms with Crippen LogP contribution in [-0.4, -0.2) is 34.1 Å². The lowest BCUT2D eigenvalue weighted by molar-refractivity contribution is -0.123. The van der Waals surface area contributed by atoms with Gasteiger partial charge in [-0.05, 0) is 18.5 Å². The van der Waals surface area contributed by atoms with Crippen molar-refractivity contribution in [3.8, 4) is 0 Å². The molecule has 4 rings (SSSR count). The molecule has 0 aliphatic carbocycles. The Morgan fingerprint density at radius 2 is 2.45 bits per heavy atom. The molecule has 2 fully saturated rings. The lowest BCUT2D eigenvalue weighted by Crippen LogP contribution is -2.48. The fourth-order valence-electron chi connectivity index (χ4n) is 3.05. The normalized spacial score (nSPS) is 26.2. The molecule has 2 aliphatic rings. The number of anilines is 1. The van der Waals surface area contributed by atoms with Gasteiger partial charge in [0, 0.05) is 12.7 Å². The van der Waals surface area contributed by atoms with Crippen molar-refractivity contribution in [1.82, 2.24) is 20.2 Å². The highest BCUT2D eigenvalue weighted by Crippen LogP contribution is 2.32. The molecule has 1 spiro atoms. The Morgan fingerprint density at radius 3 is 3.25 bits per heavy atom. The van der Waals surface area contributed by atoms with Gasteiger partial charge < -0.3 is 15.5 Å². The van der Waals surface area contributed by atoms with Gasteiger partial charge in [-0.2, -0.15) is 5.10 Å². The second-order valence-corrected chi connectivity index (χ2v) is 5.30. The van der Waals surface area contributed by atoms with Crippen LogP contribution in [-0.2, 0) is 4.79 Å². The molecule has 20 heavy (non-hydrogen) atoms. The van der Waals surface area contributed by atoms with Crippen LogP contribution in [0.1, 0.15) is 7.79 Å². The zero-order valence-corrected chi connectivity index (χ0v) is 10.9. The Bertz CT molecular complexity index is 770. The summed E-state index contributed by atoms with van der Waals surface area (Å²) < 4.78 is 9.33. The molecule has 6 heteroatoms. The van der Waals surface area contributed by atoms with Gasteiger partial charge in [0.15, 0.2) is 0 Å². The van der Waals surface area contributed by atoms with E-state index in [0.29, 0.717) is 18.4 Å². The molecular formula is C14H15N5O. The number of nitrogens with one attached hydrogen (secondary N) is 2. The molecule has 2 aliphatic heterocycles. The summed E-state index contributed by atoms with van der Waals surface area (Å²) >= 11 is 0. The minimum Gasteiger partial charge on any atom is -0.365 e. The van der Waals surface area contributed by atoms with E-state index < -0.39 is 5.54 Å². The smallest absolute Gasteiger partial charge is 0.253 e. The standard InChI is InChI=1S/C14H15N5O/c1-10-16-13(20)14(17-10)5-7-18(9-14)12-8-15-19-6-3-2-4-11(12)19/h2-4,6,8,17H,1,5,7,9H2,(H,16,20)/i3T. The molecule has 1 unspecified atom stereocenters. The number of hydrogen-bond acceptors (Lipinski definition) is 4. The fourth-order valence-corrected chi connectivity index (χ4v) is 3.05. The van der Waals surface area contributed by atoms with Crippen molar-refractivity contribution in [1.29, 1.82) is 0 Å². The number of aromatic nitrogens is 2. The first-order chi connectivity index (χ1) is 10.1. The van der Waals surface area contributed by atoms with Crippen LogP contribution in [0.5, 0.6) is 0 Å². The van der Waals surface area contributed by atoms with Gasteiger partial charge in [-0.3, -0.25) is 4.79 Å². The number of carbonyl (C=O) groups is 1. The van der Waals surface area contributed by atoms with Crippen LogP contribution < -0.4 is 15.5 Å². The molecule has 0 saturated carbocycles. The summed E-state index contributed by atoms with van der Waals surface area (Å²) in [4.78, 5) is 14.3. The van der Waals surface area contributed by atoms with Crippen LogP contribution in [0.25, 0.3) is 5.52 Å². The summed E-state index contributed by atoms with van der Waals surface area (Å²) in [6.07, 6.45) is 4.19. The van der Waals surface area contributed by atoms with E-state index in [1.54, 1.807) is 23.0 Å². The number of carbonyl (C=O) groups excluding carboxylic acids is 1. The van der Waals surface area contributed by atoms with Crippen molar-refractivity contribution in [3.63, 3.8) is 0 Å². The largest absolute Gasteiger partial charge is 0.365 e. The van der Waals surface area contributed by atoms with E-state index in [1.165, 1.54) is 0 Å². The van der Waals surface area contributed by atoms with Crippen molar-refractivity contribution in [3.05, 3.63) is 43.0 Å². The Labute approximate surface area is 117 Å². The maximum absolute atomic E-state index is 12.1. The second kappa shape index (κ2) is 3.75. The summed E-state index contributed by atoms with van der Waals surface area (Å²) in [6.45, 7) is 5.13. The van der Waals surface area contributed by atoms with Crippen LogP contribution in [0.15, 0.2) is 43.0 Å². The van der Waals surface area contributed by atoms with E-state index in [2.05, 4.69) is 27.2 Å². The Kier molecular flexibility index (Phi) is 1.93. The van der Waals surface area contributed by atoms with Gasteiger partial charge in [0.2, 0.25) is 0 Å². The average molecular weight is 271 g/mol. The Morgan fingerprint density at radius 1 is 1.55 bits per heavy atom. The number of fused-ring (bicyclic) bond motifs is 1. The molecular weight excluding hydrogens is 254 g/mol. The molecule has 1 amide bonds. The maximum atomic E-state index is 12.1. The lowest BCUT2D eigenvalue weighted by Gasteiger charge is -2.22. The van der Waals surface area contributed by atoms with Gasteiger partial charge in [-0.15, -0.1) is 0 Å². The maximum Gasteiger partial charge on any atom is 0.253 e. The van der Waals surface area contributed by atoms with Crippen molar-refractivity contribution >= 4 is 17.1 Å². The summed E-state index contributed by atoms with van der Waals surface area (Å²) in [5.41, 5.74) is 1.35. The first-order valence-corrected chi connectivity index (χ1v) is 6.55. The molecule has 0 bridgehead atoms. The minimum atomic E-state index is -0.583. The van der Waals surface area contributed by atoms with E-state index in [0.717, 1.165) is 24.2 Å². The van der Waals surface area contributed by atoms with Crippen molar-refractivity contribution in [2.75, 3.05) is 18.0 Å². The second-order valence-electron chi connectivity index (χ2n) is 5.30. The van der Waals surface area contributed by atoms with Crippen molar-refractivity contribution < 1.29 is 6.17 Å². The monoisotopic (exact) mass is 271 g/mol. The van der Waals surface area contributed by atoms with E-state index >= 15 is 0 Å². The third-order valence-electron chi connectivity index (χ3n) is 4.05. The molecule has 1 atom stereocenters. The first kappa shape index (κ1) is 10.3. The van der Waals surface area contributed by atoms with Crippen LogP contribution in [0.3, 0.4) is 0 Å². The molecule has 102 valence electrons. The SMILES string of the molecule is [3H]c1ccc2c(N3CCC4(C3)NC(=C)NC4=O)cnn2c1. The highest BCUT2D eigenvalue weighted by molar-refractivity contribution is 5.92. The van der Waals surface area contributed by atoms with Crippen molar-refractivity contribution in [2.24, 2.45) is 0 Å². The molecule has 2 N–H and O–H groups in total. The quantitative estimate of drug-likeness (QED) is 0.791.